The Bertz CT molecular complexity index is 1010. The molecule has 0 atom stereocenters. The van der Waals surface area contributed by atoms with Crippen molar-refractivity contribution in [2.45, 2.75) is 4.90 Å². The minimum absolute atomic E-state index is 0.0439. The molecule has 0 unspecified atom stereocenters. The summed E-state index contributed by atoms with van der Waals surface area (Å²) in [5, 5.41) is 5.69. The molecule has 2 amide bonds. The van der Waals surface area contributed by atoms with E-state index in [-0.39, 0.29) is 11.8 Å². The van der Waals surface area contributed by atoms with Crippen LogP contribution >= 0.6 is 11.8 Å². The van der Waals surface area contributed by atoms with Gasteiger partial charge in [0.05, 0.1) is 17.0 Å². The van der Waals surface area contributed by atoms with E-state index in [0.717, 1.165) is 4.90 Å². The molecule has 0 spiro atoms. The zero-order valence-corrected chi connectivity index (χ0v) is 15.1. The second-order valence-electron chi connectivity index (χ2n) is 5.91. The van der Waals surface area contributed by atoms with Crippen molar-refractivity contribution < 1.29 is 14.3 Å². The van der Waals surface area contributed by atoms with Gasteiger partial charge in [0.1, 0.15) is 11.5 Å². The van der Waals surface area contributed by atoms with Crippen LogP contribution in [0.5, 0.6) is 11.5 Å². The first-order valence-electron chi connectivity index (χ1n) is 8.39. The van der Waals surface area contributed by atoms with Gasteiger partial charge in [-0.25, -0.2) is 0 Å². The van der Waals surface area contributed by atoms with Crippen LogP contribution in [0.25, 0.3) is 0 Å². The third-order valence-electron chi connectivity index (χ3n) is 3.97. The maximum atomic E-state index is 12.8. The molecule has 0 saturated carbocycles. The molecule has 0 aromatic heterocycles. The number of hydrogen-bond donors (Lipinski definition) is 2. The van der Waals surface area contributed by atoms with E-state index in [1.165, 1.54) is 11.8 Å². The van der Waals surface area contributed by atoms with Crippen LogP contribution in [0, 0.1) is 0 Å². The Balaban J connectivity index is 1.55. The van der Waals surface area contributed by atoms with Gasteiger partial charge >= 0.3 is 0 Å². The minimum Gasteiger partial charge on any atom is -0.457 e. The van der Waals surface area contributed by atoms with E-state index >= 15 is 0 Å². The van der Waals surface area contributed by atoms with Crippen molar-refractivity contribution >= 4 is 35.0 Å². The maximum absolute atomic E-state index is 12.8. The van der Waals surface area contributed by atoms with Crippen molar-refractivity contribution in [1.29, 1.82) is 0 Å². The first-order valence-corrected chi connectivity index (χ1v) is 9.37. The molecule has 3 aromatic carbocycles. The molecule has 6 heteroatoms. The van der Waals surface area contributed by atoms with Gasteiger partial charge in [0, 0.05) is 10.6 Å². The molecule has 1 aliphatic heterocycles. The SMILES string of the molecule is O=C1CSc2ccc(NC(=O)c3ccccc3Oc3ccccc3)cc2N1. The molecule has 4 rings (SSSR count). The number of amides is 2. The van der Waals surface area contributed by atoms with Crippen LogP contribution in [0.3, 0.4) is 0 Å². The van der Waals surface area contributed by atoms with Crippen LogP contribution in [0.15, 0.2) is 77.7 Å². The maximum Gasteiger partial charge on any atom is 0.259 e. The zero-order valence-electron chi connectivity index (χ0n) is 14.3. The van der Waals surface area contributed by atoms with Gasteiger partial charge in [0.15, 0.2) is 0 Å². The molecular weight excluding hydrogens is 360 g/mol. The molecule has 0 saturated heterocycles. The van der Waals surface area contributed by atoms with Crippen LogP contribution in [0.1, 0.15) is 10.4 Å². The van der Waals surface area contributed by atoms with Crippen molar-refractivity contribution in [2.75, 3.05) is 16.4 Å². The molecule has 0 bridgehead atoms. The monoisotopic (exact) mass is 376 g/mol. The lowest BCUT2D eigenvalue weighted by Gasteiger charge is -2.17. The second kappa shape index (κ2) is 7.55. The number of fused-ring (bicyclic) bond motifs is 1. The summed E-state index contributed by atoms with van der Waals surface area (Å²) in [5.41, 5.74) is 1.75. The summed E-state index contributed by atoms with van der Waals surface area (Å²) < 4.78 is 5.85. The molecule has 27 heavy (non-hydrogen) atoms. The molecule has 134 valence electrons. The lowest BCUT2D eigenvalue weighted by Crippen LogP contribution is -2.19. The average Bonchev–Trinajstić information content (AvgIpc) is 2.69. The molecule has 2 N–H and O–H groups in total. The van der Waals surface area contributed by atoms with Gasteiger partial charge in [0.2, 0.25) is 5.91 Å². The summed E-state index contributed by atoms with van der Waals surface area (Å²) in [6.45, 7) is 0. The molecule has 1 heterocycles. The van der Waals surface area contributed by atoms with E-state index in [0.29, 0.717) is 34.2 Å². The summed E-state index contributed by atoms with van der Waals surface area (Å²) >= 11 is 1.48. The molecule has 0 radical (unpaired) electrons. The highest BCUT2D eigenvalue weighted by atomic mass is 32.2. The fraction of sp³-hybridized carbons (Fsp3) is 0.0476. The Morgan fingerprint density at radius 3 is 2.63 bits per heavy atom. The molecule has 5 nitrogen and oxygen atoms in total. The first kappa shape index (κ1) is 17.2. The number of benzene rings is 3. The normalized spacial score (nSPS) is 12.7. The number of hydrogen-bond acceptors (Lipinski definition) is 4. The van der Waals surface area contributed by atoms with E-state index < -0.39 is 0 Å². The molecule has 0 fully saturated rings. The van der Waals surface area contributed by atoms with Gasteiger partial charge in [-0.2, -0.15) is 0 Å². The lowest BCUT2D eigenvalue weighted by atomic mass is 10.1. The minimum atomic E-state index is -0.281. The quantitative estimate of drug-likeness (QED) is 0.688. The highest BCUT2D eigenvalue weighted by Gasteiger charge is 2.17. The Morgan fingerprint density at radius 2 is 1.78 bits per heavy atom. The summed E-state index contributed by atoms with van der Waals surface area (Å²) in [6.07, 6.45) is 0. The summed E-state index contributed by atoms with van der Waals surface area (Å²) in [5.74, 6) is 1.21. The van der Waals surface area contributed by atoms with Gasteiger partial charge in [-0.3, -0.25) is 9.59 Å². The van der Waals surface area contributed by atoms with Gasteiger partial charge in [-0.05, 0) is 42.5 Å². The number of anilines is 2. The van der Waals surface area contributed by atoms with Crippen molar-refractivity contribution in [3.05, 3.63) is 78.4 Å². The Labute approximate surface area is 160 Å². The van der Waals surface area contributed by atoms with E-state index in [1.807, 2.05) is 48.5 Å². The van der Waals surface area contributed by atoms with Crippen molar-refractivity contribution in [3.63, 3.8) is 0 Å². The second-order valence-corrected chi connectivity index (χ2v) is 6.93. The first-order chi connectivity index (χ1) is 13.2. The fourth-order valence-corrected chi connectivity index (χ4v) is 3.51. The van der Waals surface area contributed by atoms with E-state index in [2.05, 4.69) is 10.6 Å². The van der Waals surface area contributed by atoms with Crippen LogP contribution in [-0.2, 0) is 4.79 Å². The summed E-state index contributed by atoms with van der Waals surface area (Å²) in [7, 11) is 0. The Hall–Kier alpha value is -3.25. The fourth-order valence-electron chi connectivity index (χ4n) is 2.72. The van der Waals surface area contributed by atoms with E-state index in [4.69, 9.17) is 4.74 Å². The van der Waals surface area contributed by atoms with Crippen molar-refractivity contribution in [3.8, 4) is 11.5 Å². The number of carbonyl (C=O) groups excluding carboxylic acids is 2. The van der Waals surface area contributed by atoms with Crippen LogP contribution in [0.2, 0.25) is 0 Å². The molecule has 3 aromatic rings. The number of thioether (sulfide) groups is 1. The average molecular weight is 376 g/mol. The highest BCUT2D eigenvalue weighted by Crippen LogP contribution is 2.34. The topological polar surface area (TPSA) is 67.4 Å². The smallest absolute Gasteiger partial charge is 0.259 e. The Morgan fingerprint density at radius 1 is 1.00 bits per heavy atom. The Kier molecular flexibility index (Phi) is 4.80. The summed E-state index contributed by atoms with van der Waals surface area (Å²) in [4.78, 5) is 25.3. The predicted molar refractivity (Wildman–Crippen MR) is 107 cm³/mol. The number of nitrogens with one attached hydrogen (secondary N) is 2. The third kappa shape index (κ3) is 3.96. The standard InChI is InChI=1S/C21H16N2O3S/c24-20-13-27-19-11-10-14(12-17(19)23-20)22-21(25)16-8-4-5-9-18(16)26-15-6-2-1-3-7-15/h1-12H,13H2,(H,22,25)(H,23,24). The van der Waals surface area contributed by atoms with Gasteiger partial charge < -0.3 is 15.4 Å². The summed E-state index contributed by atoms with van der Waals surface area (Å²) in [6, 6.07) is 21.9. The van der Waals surface area contributed by atoms with Crippen LogP contribution in [-0.4, -0.2) is 17.6 Å². The largest absolute Gasteiger partial charge is 0.457 e. The van der Waals surface area contributed by atoms with Crippen molar-refractivity contribution in [1.82, 2.24) is 0 Å². The van der Waals surface area contributed by atoms with Crippen LogP contribution in [0.4, 0.5) is 11.4 Å². The highest BCUT2D eigenvalue weighted by molar-refractivity contribution is 8.00. The van der Waals surface area contributed by atoms with E-state index in [1.54, 1.807) is 24.3 Å². The van der Waals surface area contributed by atoms with Crippen molar-refractivity contribution in [2.24, 2.45) is 0 Å². The van der Waals surface area contributed by atoms with Gasteiger partial charge in [0.25, 0.3) is 5.91 Å². The van der Waals surface area contributed by atoms with Crippen LogP contribution < -0.4 is 15.4 Å². The molecule has 0 aliphatic carbocycles. The lowest BCUT2D eigenvalue weighted by molar-refractivity contribution is -0.113. The number of carbonyl (C=O) groups is 2. The predicted octanol–water partition coefficient (Wildman–Crippen LogP) is 4.78. The third-order valence-corrected chi connectivity index (χ3v) is 5.05. The number of rotatable bonds is 4. The molecule has 1 aliphatic rings. The van der Waals surface area contributed by atoms with Gasteiger partial charge in [-0.1, -0.05) is 30.3 Å². The zero-order chi connectivity index (χ0) is 18.6. The van der Waals surface area contributed by atoms with Gasteiger partial charge in [-0.15, -0.1) is 11.8 Å². The van der Waals surface area contributed by atoms with E-state index in [9.17, 15) is 9.59 Å². The number of para-hydroxylation sites is 2. The number of ether oxygens (including phenoxy) is 1. The molecular formula is C21H16N2O3S.